The van der Waals surface area contributed by atoms with Crippen molar-refractivity contribution in [3.05, 3.63) is 46.0 Å². The number of allylic oxidation sites excluding steroid dienone is 1. The van der Waals surface area contributed by atoms with Crippen molar-refractivity contribution in [2.75, 3.05) is 19.8 Å². The summed E-state index contributed by atoms with van der Waals surface area (Å²) in [6, 6.07) is 6.31. The van der Waals surface area contributed by atoms with Gasteiger partial charge in [-0.25, -0.2) is 0 Å². The molecule has 0 saturated carbocycles. The fourth-order valence-corrected chi connectivity index (χ4v) is 2.41. The molecule has 1 aromatic rings. The summed E-state index contributed by atoms with van der Waals surface area (Å²) < 4.78 is 0.727. The highest BCUT2D eigenvalue weighted by atomic mass is 32.2. The Morgan fingerprint density at radius 2 is 2.10 bits per heavy atom. The van der Waals surface area contributed by atoms with Crippen LogP contribution in [0.1, 0.15) is 12.0 Å². The smallest absolute Gasteiger partial charge is 0.276 e. The van der Waals surface area contributed by atoms with Crippen LogP contribution in [0.4, 0.5) is 5.69 Å². The van der Waals surface area contributed by atoms with E-state index < -0.39 is 4.92 Å². The van der Waals surface area contributed by atoms with Crippen molar-refractivity contribution < 1.29 is 9.72 Å². The summed E-state index contributed by atoms with van der Waals surface area (Å²) in [7, 11) is 3.71. The average molecular weight is 324 g/mol. The second-order valence-corrected chi connectivity index (χ2v) is 6.10. The molecule has 0 fully saturated rings. The molecule has 0 aliphatic carbocycles. The molecule has 0 amide bonds. The highest BCUT2D eigenvalue weighted by Crippen LogP contribution is 2.19. The van der Waals surface area contributed by atoms with Crippen LogP contribution < -0.4 is 0 Å². The van der Waals surface area contributed by atoms with E-state index in [2.05, 4.69) is 0 Å². The van der Waals surface area contributed by atoms with Crippen LogP contribution in [0.15, 0.2) is 30.3 Å². The number of ketones is 1. The predicted molar refractivity (Wildman–Crippen MR) is 90.5 cm³/mol. The fraction of sp³-hybridized carbons (Fsp3) is 0.286. The van der Waals surface area contributed by atoms with Gasteiger partial charge in [-0.15, -0.1) is 0 Å². The number of thioether (sulfide) groups is 1. The first-order valence-corrected chi connectivity index (χ1v) is 7.59. The first kappa shape index (κ1) is 17.3. The molecule has 0 radical (unpaired) electrons. The molecule has 0 unspecified atom stereocenters. The van der Waals surface area contributed by atoms with Crippen molar-refractivity contribution in [1.29, 1.82) is 0 Å². The molecular weight excluding hydrogens is 308 g/mol. The molecule has 0 heterocycles. The van der Waals surface area contributed by atoms with Gasteiger partial charge in [-0.05, 0) is 18.2 Å². The van der Waals surface area contributed by atoms with Crippen LogP contribution in [0.2, 0.25) is 0 Å². The molecule has 21 heavy (non-hydrogen) atoms. The maximum absolute atomic E-state index is 11.7. The van der Waals surface area contributed by atoms with Gasteiger partial charge in [0.25, 0.3) is 5.69 Å². The van der Waals surface area contributed by atoms with E-state index >= 15 is 0 Å². The van der Waals surface area contributed by atoms with Gasteiger partial charge in [0, 0.05) is 32.3 Å². The Kier molecular flexibility index (Phi) is 7.04. The fourth-order valence-electron chi connectivity index (χ4n) is 1.43. The molecule has 1 rings (SSSR count). The van der Waals surface area contributed by atoms with Crippen molar-refractivity contribution in [2.45, 2.75) is 6.42 Å². The van der Waals surface area contributed by atoms with E-state index in [1.807, 2.05) is 19.0 Å². The van der Waals surface area contributed by atoms with Gasteiger partial charge in [-0.1, -0.05) is 36.1 Å². The summed E-state index contributed by atoms with van der Waals surface area (Å²) in [6.45, 7) is 0. The van der Waals surface area contributed by atoms with Gasteiger partial charge >= 0.3 is 0 Å². The maximum Gasteiger partial charge on any atom is 0.276 e. The normalized spacial score (nSPS) is 10.6. The molecule has 0 aliphatic heterocycles. The molecule has 0 atom stereocenters. The first-order chi connectivity index (χ1) is 9.91. The quantitative estimate of drug-likeness (QED) is 0.347. The zero-order valence-corrected chi connectivity index (χ0v) is 13.4. The predicted octanol–water partition coefficient (Wildman–Crippen LogP) is 3.15. The summed E-state index contributed by atoms with van der Waals surface area (Å²) in [5.41, 5.74) is 0.414. The van der Waals surface area contributed by atoms with Crippen LogP contribution in [0.3, 0.4) is 0 Å². The first-order valence-electron chi connectivity index (χ1n) is 6.20. The van der Waals surface area contributed by atoms with E-state index in [0.29, 0.717) is 17.7 Å². The third-order valence-corrected chi connectivity index (χ3v) is 4.26. The van der Waals surface area contributed by atoms with E-state index in [1.54, 1.807) is 18.2 Å². The lowest BCUT2D eigenvalue weighted by molar-refractivity contribution is -0.385. The number of hydrogen-bond donors (Lipinski definition) is 0. The van der Waals surface area contributed by atoms with Crippen LogP contribution in [-0.2, 0) is 4.79 Å². The van der Waals surface area contributed by atoms with Crippen LogP contribution in [0.25, 0.3) is 6.08 Å². The molecule has 0 bridgehead atoms. The van der Waals surface area contributed by atoms with Crippen LogP contribution >= 0.6 is 24.0 Å². The third-order valence-electron chi connectivity index (χ3n) is 2.52. The second-order valence-electron chi connectivity index (χ2n) is 4.37. The maximum atomic E-state index is 11.7. The summed E-state index contributed by atoms with van der Waals surface area (Å²) in [5.74, 6) is 0.513. The van der Waals surface area contributed by atoms with Crippen LogP contribution in [0, 0.1) is 10.1 Å². The summed E-state index contributed by atoms with van der Waals surface area (Å²) in [6.07, 6.45) is 3.20. The Morgan fingerprint density at radius 3 is 2.71 bits per heavy atom. The van der Waals surface area contributed by atoms with Gasteiger partial charge in [0.15, 0.2) is 5.78 Å². The summed E-state index contributed by atoms with van der Waals surface area (Å²) >= 11 is 6.54. The number of nitro groups is 1. The van der Waals surface area contributed by atoms with Gasteiger partial charge < -0.3 is 4.90 Å². The van der Waals surface area contributed by atoms with E-state index in [0.717, 1.165) is 4.32 Å². The van der Waals surface area contributed by atoms with Crippen molar-refractivity contribution in [3.8, 4) is 0 Å². The Morgan fingerprint density at radius 1 is 1.43 bits per heavy atom. The van der Waals surface area contributed by atoms with E-state index in [-0.39, 0.29) is 11.5 Å². The Hall–Kier alpha value is -1.73. The van der Waals surface area contributed by atoms with Crippen molar-refractivity contribution in [3.63, 3.8) is 0 Å². The van der Waals surface area contributed by atoms with Gasteiger partial charge in [0.1, 0.15) is 4.32 Å². The minimum Gasteiger partial charge on any atom is -0.364 e. The largest absolute Gasteiger partial charge is 0.364 e. The Bertz CT molecular complexity index is 571. The lowest BCUT2D eigenvalue weighted by Gasteiger charge is -2.11. The number of nitro benzene ring substituents is 1. The van der Waals surface area contributed by atoms with Gasteiger partial charge in [-0.3, -0.25) is 14.9 Å². The molecular formula is C14H16N2O3S2. The average Bonchev–Trinajstić information content (AvgIpc) is 2.45. The Balaban J connectivity index is 2.55. The minimum atomic E-state index is -0.463. The Labute approximate surface area is 133 Å². The molecule has 0 N–H and O–H groups in total. The van der Waals surface area contributed by atoms with Crippen LogP contribution in [-0.4, -0.2) is 39.8 Å². The van der Waals surface area contributed by atoms with Crippen molar-refractivity contribution in [2.24, 2.45) is 0 Å². The topological polar surface area (TPSA) is 63.5 Å². The van der Waals surface area contributed by atoms with Gasteiger partial charge in [-0.2, -0.15) is 0 Å². The lowest BCUT2D eigenvalue weighted by Crippen LogP contribution is -2.16. The number of para-hydroxylation sites is 1. The highest BCUT2D eigenvalue weighted by molar-refractivity contribution is 8.22. The van der Waals surface area contributed by atoms with Crippen molar-refractivity contribution >= 4 is 45.8 Å². The molecule has 0 aromatic heterocycles. The number of nitrogens with zero attached hydrogens (tertiary/aromatic N) is 2. The molecule has 0 spiro atoms. The molecule has 112 valence electrons. The van der Waals surface area contributed by atoms with Gasteiger partial charge in [0.2, 0.25) is 0 Å². The van der Waals surface area contributed by atoms with E-state index in [4.69, 9.17) is 12.2 Å². The minimum absolute atomic E-state index is 0.00953. The number of carbonyl (C=O) groups excluding carboxylic acids is 1. The van der Waals surface area contributed by atoms with E-state index in [1.165, 1.54) is 30.0 Å². The number of rotatable bonds is 6. The third kappa shape index (κ3) is 6.05. The highest BCUT2D eigenvalue weighted by Gasteiger charge is 2.09. The van der Waals surface area contributed by atoms with Crippen molar-refractivity contribution in [1.82, 2.24) is 4.90 Å². The van der Waals surface area contributed by atoms with E-state index in [9.17, 15) is 14.9 Å². The monoisotopic (exact) mass is 324 g/mol. The SMILES string of the molecule is CN(C)C(=S)SCCC(=O)/C=C/c1ccccc1[N+](=O)[O-]. The van der Waals surface area contributed by atoms with Crippen LogP contribution in [0.5, 0.6) is 0 Å². The second kappa shape index (κ2) is 8.53. The zero-order chi connectivity index (χ0) is 15.8. The molecule has 1 aromatic carbocycles. The number of carbonyl (C=O) groups is 1. The summed E-state index contributed by atoms with van der Waals surface area (Å²) in [5, 5.41) is 10.8. The molecule has 5 nitrogen and oxygen atoms in total. The molecule has 0 saturated heterocycles. The summed E-state index contributed by atoms with van der Waals surface area (Å²) in [4.78, 5) is 23.9. The van der Waals surface area contributed by atoms with Gasteiger partial charge in [0.05, 0.1) is 10.5 Å². The zero-order valence-electron chi connectivity index (χ0n) is 11.8. The number of benzene rings is 1. The lowest BCUT2D eigenvalue weighted by atomic mass is 10.1. The number of thiocarbonyl (C=S) groups is 1. The molecule has 7 heteroatoms. The molecule has 0 aliphatic rings. The standard InChI is InChI=1S/C14H16N2O3S2/c1-15(2)14(20)21-10-9-12(17)8-7-11-5-3-4-6-13(11)16(18)19/h3-8H,9-10H2,1-2H3/b8-7+. The number of hydrogen-bond acceptors (Lipinski definition) is 5.